The van der Waals surface area contributed by atoms with Crippen LogP contribution in [0.2, 0.25) is 0 Å². The molecular weight excluding hydrogens is 363 g/mol. The number of amides is 1. The summed E-state index contributed by atoms with van der Waals surface area (Å²) in [6, 6.07) is 9.63. The standard InChI is InChI=1S/C18H14F3N3O3/c1-26-14-7-6-11(10-15(14)27-18(20)21)17(25)23-16-12(19)4-2-5-13(16)24-9-3-8-22-24/h2-10,18H,1H3,(H,23,25). The Hall–Kier alpha value is -3.49. The molecule has 9 heteroatoms. The molecule has 0 aliphatic heterocycles. The number of alkyl halides is 2. The van der Waals surface area contributed by atoms with Gasteiger partial charge in [-0.05, 0) is 36.4 Å². The fraction of sp³-hybridized carbons (Fsp3) is 0.111. The SMILES string of the molecule is COc1ccc(C(=O)Nc2c(F)cccc2-n2cccn2)cc1OC(F)F. The van der Waals surface area contributed by atoms with Crippen LogP contribution in [-0.4, -0.2) is 29.4 Å². The number of hydrogen-bond acceptors (Lipinski definition) is 4. The fourth-order valence-corrected chi connectivity index (χ4v) is 2.43. The predicted molar refractivity (Wildman–Crippen MR) is 91.1 cm³/mol. The Balaban J connectivity index is 1.93. The number of para-hydroxylation sites is 1. The van der Waals surface area contributed by atoms with E-state index in [9.17, 15) is 18.0 Å². The molecule has 140 valence electrons. The lowest BCUT2D eigenvalue weighted by atomic mass is 10.1. The monoisotopic (exact) mass is 377 g/mol. The lowest BCUT2D eigenvalue weighted by molar-refractivity contribution is -0.0512. The number of hydrogen-bond donors (Lipinski definition) is 1. The highest BCUT2D eigenvalue weighted by atomic mass is 19.3. The van der Waals surface area contributed by atoms with Crippen molar-refractivity contribution < 1.29 is 27.4 Å². The molecule has 0 saturated carbocycles. The van der Waals surface area contributed by atoms with E-state index in [1.807, 2.05) is 0 Å². The molecule has 0 bridgehead atoms. The molecule has 0 radical (unpaired) electrons. The third-order valence-electron chi connectivity index (χ3n) is 3.62. The van der Waals surface area contributed by atoms with Crippen LogP contribution in [-0.2, 0) is 0 Å². The van der Waals surface area contributed by atoms with Crippen LogP contribution in [0.15, 0.2) is 54.9 Å². The molecule has 2 aromatic carbocycles. The Morgan fingerprint density at radius 1 is 1.19 bits per heavy atom. The summed E-state index contributed by atoms with van der Waals surface area (Å²) in [6.45, 7) is -3.09. The first-order chi connectivity index (χ1) is 13.0. The van der Waals surface area contributed by atoms with Crippen LogP contribution in [0.4, 0.5) is 18.9 Å². The van der Waals surface area contributed by atoms with Crippen LogP contribution < -0.4 is 14.8 Å². The first-order valence-corrected chi connectivity index (χ1v) is 7.72. The quantitative estimate of drug-likeness (QED) is 0.708. The number of nitrogens with one attached hydrogen (secondary N) is 1. The zero-order valence-corrected chi connectivity index (χ0v) is 14.0. The molecule has 1 N–H and O–H groups in total. The fourth-order valence-electron chi connectivity index (χ4n) is 2.43. The molecule has 0 fully saturated rings. The number of carbonyl (C=O) groups excluding carboxylic acids is 1. The van der Waals surface area contributed by atoms with Gasteiger partial charge in [0, 0.05) is 18.0 Å². The highest BCUT2D eigenvalue weighted by Crippen LogP contribution is 2.30. The number of anilines is 1. The minimum atomic E-state index is -3.09. The molecule has 1 amide bonds. The molecule has 0 aliphatic rings. The Morgan fingerprint density at radius 2 is 2.00 bits per heavy atom. The Morgan fingerprint density at radius 3 is 2.67 bits per heavy atom. The summed E-state index contributed by atoms with van der Waals surface area (Å²) in [7, 11) is 1.28. The number of aromatic nitrogens is 2. The predicted octanol–water partition coefficient (Wildman–Crippen LogP) is 3.87. The molecular formula is C18H14F3N3O3. The van der Waals surface area contributed by atoms with E-state index in [2.05, 4.69) is 15.2 Å². The van der Waals surface area contributed by atoms with Crippen molar-refractivity contribution in [3.63, 3.8) is 0 Å². The molecule has 1 heterocycles. The molecule has 0 aliphatic carbocycles. The van der Waals surface area contributed by atoms with Crippen LogP contribution in [0.25, 0.3) is 5.69 Å². The zero-order chi connectivity index (χ0) is 19.4. The summed E-state index contributed by atoms with van der Waals surface area (Å²) in [5.41, 5.74) is 0.199. The minimum absolute atomic E-state index is 0.0129. The van der Waals surface area contributed by atoms with Gasteiger partial charge in [0.1, 0.15) is 11.5 Å². The molecule has 1 aromatic heterocycles. The van der Waals surface area contributed by atoms with E-state index in [4.69, 9.17) is 4.74 Å². The van der Waals surface area contributed by atoms with Crippen molar-refractivity contribution in [1.29, 1.82) is 0 Å². The Labute approximate surface area is 152 Å². The number of halogens is 3. The van der Waals surface area contributed by atoms with E-state index in [0.717, 1.165) is 6.07 Å². The number of methoxy groups -OCH3 is 1. The van der Waals surface area contributed by atoms with Gasteiger partial charge in [0.25, 0.3) is 5.91 Å². The first-order valence-electron chi connectivity index (χ1n) is 7.72. The summed E-state index contributed by atoms with van der Waals surface area (Å²) in [5, 5.41) is 6.46. The lowest BCUT2D eigenvalue weighted by Gasteiger charge is -2.14. The van der Waals surface area contributed by atoms with Gasteiger partial charge in [-0.15, -0.1) is 0 Å². The van der Waals surface area contributed by atoms with Crippen LogP contribution >= 0.6 is 0 Å². The summed E-state index contributed by atoms with van der Waals surface area (Å²) in [6.07, 6.45) is 3.10. The van der Waals surface area contributed by atoms with Crippen molar-refractivity contribution in [3.05, 3.63) is 66.2 Å². The van der Waals surface area contributed by atoms with Gasteiger partial charge in [-0.1, -0.05) is 6.07 Å². The lowest BCUT2D eigenvalue weighted by Crippen LogP contribution is -2.16. The summed E-state index contributed by atoms with van der Waals surface area (Å²) in [5.74, 6) is -1.65. The first kappa shape index (κ1) is 18.3. The largest absolute Gasteiger partial charge is 0.493 e. The van der Waals surface area contributed by atoms with Gasteiger partial charge >= 0.3 is 6.61 Å². The van der Waals surface area contributed by atoms with E-state index in [-0.39, 0.29) is 22.7 Å². The summed E-state index contributed by atoms with van der Waals surface area (Å²) >= 11 is 0. The molecule has 0 spiro atoms. The van der Waals surface area contributed by atoms with Crippen LogP contribution in [0.3, 0.4) is 0 Å². The van der Waals surface area contributed by atoms with Crippen molar-refractivity contribution in [1.82, 2.24) is 9.78 Å². The molecule has 0 atom stereocenters. The zero-order valence-electron chi connectivity index (χ0n) is 14.0. The van der Waals surface area contributed by atoms with Gasteiger partial charge in [0.2, 0.25) is 0 Å². The molecule has 3 rings (SSSR count). The number of nitrogens with zero attached hydrogens (tertiary/aromatic N) is 2. The maximum absolute atomic E-state index is 14.3. The normalized spacial score (nSPS) is 10.7. The highest BCUT2D eigenvalue weighted by Gasteiger charge is 2.18. The Kier molecular flexibility index (Phi) is 5.30. The van der Waals surface area contributed by atoms with Crippen molar-refractivity contribution in [2.24, 2.45) is 0 Å². The average molecular weight is 377 g/mol. The molecule has 6 nitrogen and oxygen atoms in total. The van der Waals surface area contributed by atoms with E-state index in [0.29, 0.717) is 5.69 Å². The van der Waals surface area contributed by atoms with Crippen molar-refractivity contribution in [2.45, 2.75) is 6.61 Å². The van der Waals surface area contributed by atoms with Crippen molar-refractivity contribution in [3.8, 4) is 17.2 Å². The van der Waals surface area contributed by atoms with Gasteiger partial charge < -0.3 is 14.8 Å². The van der Waals surface area contributed by atoms with Gasteiger partial charge in [-0.25, -0.2) is 9.07 Å². The van der Waals surface area contributed by atoms with Gasteiger partial charge in [-0.2, -0.15) is 13.9 Å². The van der Waals surface area contributed by atoms with E-state index in [1.165, 1.54) is 42.3 Å². The van der Waals surface area contributed by atoms with Gasteiger partial charge in [-0.3, -0.25) is 4.79 Å². The number of rotatable bonds is 6. The molecule has 3 aromatic rings. The van der Waals surface area contributed by atoms with Crippen LogP contribution in [0, 0.1) is 5.82 Å². The average Bonchev–Trinajstić information content (AvgIpc) is 3.17. The summed E-state index contributed by atoms with van der Waals surface area (Å²) < 4.78 is 50.0. The number of benzene rings is 2. The van der Waals surface area contributed by atoms with Crippen molar-refractivity contribution in [2.75, 3.05) is 12.4 Å². The third kappa shape index (κ3) is 4.02. The Bertz CT molecular complexity index is 946. The smallest absolute Gasteiger partial charge is 0.387 e. The van der Waals surface area contributed by atoms with E-state index >= 15 is 0 Å². The second-order valence-electron chi connectivity index (χ2n) is 5.28. The maximum atomic E-state index is 14.3. The van der Waals surface area contributed by atoms with Gasteiger partial charge in [0.05, 0.1) is 12.8 Å². The van der Waals surface area contributed by atoms with Crippen LogP contribution in [0.1, 0.15) is 10.4 Å². The van der Waals surface area contributed by atoms with E-state index < -0.39 is 18.3 Å². The topological polar surface area (TPSA) is 65.4 Å². The second kappa shape index (κ2) is 7.81. The van der Waals surface area contributed by atoms with Crippen molar-refractivity contribution >= 4 is 11.6 Å². The van der Waals surface area contributed by atoms with E-state index in [1.54, 1.807) is 18.3 Å². The molecule has 0 unspecified atom stereocenters. The second-order valence-corrected chi connectivity index (χ2v) is 5.28. The summed E-state index contributed by atoms with van der Waals surface area (Å²) in [4.78, 5) is 12.5. The molecule has 0 saturated heterocycles. The van der Waals surface area contributed by atoms with Gasteiger partial charge in [0.15, 0.2) is 11.5 Å². The van der Waals surface area contributed by atoms with Crippen LogP contribution in [0.5, 0.6) is 11.5 Å². The highest BCUT2D eigenvalue weighted by molar-refractivity contribution is 6.05. The number of carbonyl (C=O) groups is 1. The minimum Gasteiger partial charge on any atom is -0.493 e. The third-order valence-corrected chi connectivity index (χ3v) is 3.62. The number of ether oxygens (including phenoxy) is 2. The maximum Gasteiger partial charge on any atom is 0.387 e. The molecule has 27 heavy (non-hydrogen) atoms.